The molecule has 0 aliphatic heterocycles. The zero-order valence-electron chi connectivity index (χ0n) is 8.04. The van der Waals surface area contributed by atoms with Gasteiger partial charge in [-0.15, -0.1) is 0 Å². The first-order chi connectivity index (χ1) is 5.41. The first kappa shape index (κ1) is 9.75. The average Bonchev–Trinajstić information content (AvgIpc) is 1.83. The van der Waals surface area contributed by atoms with E-state index in [0.29, 0.717) is 6.42 Å². The molecule has 70 valence electrons. The molecule has 12 heavy (non-hydrogen) atoms. The predicted octanol–water partition coefficient (Wildman–Crippen LogP) is 1.47. The highest BCUT2D eigenvalue weighted by atomic mass is 16.3. The summed E-state index contributed by atoms with van der Waals surface area (Å²) in [4.78, 5) is 0. The van der Waals surface area contributed by atoms with Gasteiger partial charge < -0.3 is 10.2 Å². The predicted molar refractivity (Wildman–Crippen MR) is 48.8 cm³/mol. The Bertz CT molecular complexity index is 189. The van der Waals surface area contributed by atoms with E-state index in [1.165, 1.54) is 5.57 Å². The Morgan fingerprint density at radius 1 is 1.50 bits per heavy atom. The first-order valence-corrected chi connectivity index (χ1v) is 4.47. The zero-order valence-corrected chi connectivity index (χ0v) is 8.04. The maximum atomic E-state index is 9.71. The average molecular weight is 170 g/mol. The number of hydrogen-bond donors (Lipinski definition) is 2. The first-order valence-electron chi connectivity index (χ1n) is 4.47. The standard InChI is InChI=1S/C10H18O2/c1-7-4-5-8(9(11)6-7)10(2,3)12/h4,8-9,11-12H,5-6H2,1-3H3/t8-,9+/m1/s1. The molecule has 0 saturated heterocycles. The van der Waals surface area contributed by atoms with Crippen LogP contribution < -0.4 is 0 Å². The van der Waals surface area contributed by atoms with Crippen LogP contribution in [-0.2, 0) is 0 Å². The van der Waals surface area contributed by atoms with Gasteiger partial charge in [0.25, 0.3) is 0 Å². The number of aliphatic hydroxyl groups is 2. The second-order valence-electron chi connectivity index (χ2n) is 4.32. The second kappa shape index (κ2) is 3.19. The fourth-order valence-electron chi connectivity index (χ4n) is 1.80. The molecular formula is C10H18O2. The van der Waals surface area contributed by atoms with Crippen molar-refractivity contribution in [2.45, 2.75) is 45.3 Å². The van der Waals surface area contributed by atoms with E-state index in [1.807, 2.05) is 6.92 Å². The number of rotatable bonds is 1. The Kier molecular flexibility index (Phi) is 2.59. The molecular weight excluding hydrogens is 152 g/mol. The summed E-state index contributed by atoms with van der Waals surface area (Å²) >= 11 is 0. The van der Waals surface area contributed by atoms with E-state index in [2.05, 4.69) is 6.08 Å². The fraction of sp³-hybridized carbons (Fsp3) is 0.800. The lowest BCUT2D eigenvalue weighted by molar-refractivity contribution is -0.0479. The van der Waals surface area contributed by atoms with Crippen molar-refractivity contribution in [3.05, 3.63) is 11.6 Å². The minimum absolute atomic E-state index is 0.0128. The van der Waals surface area contributed by atoms with Crippen LogP contribution in [0.4, 0.5) is 0 Å². The smallest absolute Gasteiger partial charge is 0.0647 e. The molecule has 0 amide bonds. The zero-order chi connectivity index (χ0) is 9.35. The summed E-state index contributed by atoms with van der Waals surface area (Å²) in [6, 6.07) is 0. The van der Waals surface area contributed by atoms with Crippen molar-refractivity contribution in [2.24, 2.45) is 5.92 Å². The normalized spacial score (nSPS) is 31.6. The van der Waals surface area contributed by atoms with Gasteiger partial charge in [-0.05, 0) is 33.6 Å². The highest BCUT2D eigenvalue weighted by Gasteiger charge is 2.34. The number of hydrogen-bond acceptors (Lipinski definition) is 2. The highest BCUT2D eigenvalue weighted by Crippen LogP contribution is 2.31. The number of allylic oxidation sites excluding steroid dienone is 1. The molecule has 0 aromatic heterocycles. The van der Waals surface area contributed by atoms with Crippen LogP contribution in [0.3, 0.4) is 0 Å². The summed E-state index contributed by atoms with van der Waals surface area (Å²) < 4.78 is 0. The van der Waals surface area contributed by atoms with Crippen LogP contribution in [0.2, 0.25) is 0 Å². The Hall–Kier alpha value is -0.340. The fourth-order valence-corrected chi connectivity index (χ4v) is 1.80. The summed E-state index contributed by atoms with van der Waals surface area (Å²) in [5, 5.41) is 19.4. The van der Waals surface area contributed by atoms with Gasteiger partial charge in [0.05, 0.1) is 11.7 Å². The van der Waals surface area contributed by atoms with E-state index in [0.717, 1.165) is 6.42 Å². The lowest BCUT2D eigenvalue weighted by Crippen LogP contribution is -2.40. The number of aliphatic hydroxyl groups excluding tert-OH is 1. The molecule has 0 saturated carbocycles. The summed E-state index contributed by atoms with van der Waals surface area (Å²) in [5.41, 5.74) is 0.458. The van der Waals surface area contributed by atoms with Crippen LogP contribution in [0.5, 0.6) is 0 Å². The highest BCUT2D eigenvalue weighted by molar-refractivity contribution is 5.08. The lowest BCUT2D eigenvalue weighted by Gasteiger charge is -2.35. The molecule has 2 nitrogen and oxygen atoms in total. The Balaban J connectivity index is 2.70. The second-order valence-corrected chi connectivity index (χ2v) is 4.32. The van der Waals surface area contributed by atoms with Crippen molar-refractivity contribution in [3.63, 3.8) is 0 Å². The van der Waals surface area contributed by atoms with Gasteiger partial charge in [-0.3, -0.25) is 0 Å². The molecule has 0 aromatic rings. The van der Waals surface area contributed by atoms with Crippen molar-refractivity contribution < 1.29 is 10.2 Å². The van der Waals surface area contributed by atoms with E-state index in [1.54, 1.807) is 13.8 Å². The summed E-state index contributed by atoms with van der Waals surface area (Å²) in [6.45, 7) is 5.54. The molecule has 0 spiro atoms. The summed E-state index contributed by atoms with van der Waals surface area (Å²) in [7, 11) is 0. The molecule has 0 bridgehead atoms. The molecule has 0 unspecified atom stereocenters. The molecule has 0 heterocycles. The van der Waals surface area contributed by atoms with E-state index >= 15 is 0 Å². The lowest BCUT2D eigenvalue weighted by atomic mass is 9.78. The Morgan fingerprint density at radius 2 is 2.08 bits per heavy atom. The SMILES string of the molecule is CC1=CC[C@@H](C(C)(C)O)[C@@H](O)C1. The maximum absolute atomic E-state index is 9.71. The molecule has 2 heteroatoms. The minimum Gasteiger partial charge on any atom is -0.392 e. The van der Waals surface area contributed by atoms with E-state index in [-0.39, 0.29) is 12.0 Å². The molecule has 1 aliphatic carbocycles. The van der Waals surface area contributed by atoms with Gasteiger partial charge in [-0.25, -0.2) is 0 Å². The van der Waals surface area contributed by atoms with Gasteiger partial charge in [0, 0.05) is 5.92 Å². The van der Waals surface area contributed by atoms with Gasteiger partial charge in [0.2, 0.25) is 0 Å². The molecule has 0 radical (unpaired) electrons. The van der Waals surface area contributed by atoms with E-state index < -0.39 is 5.60 Å². The largest absolute Gasteiger partial charge is 0.392 e. The van der Waals surface area contributed by atoms with Crippen LogP contribution in [0.1, 0.15) is 33.6 Å². The molecule has 1 aliphatic rings. The third-order valence-electron chi connectivity index (χ3n) is 2.62. The van der Waals surface area contributed by atoms with E-state index in [4.69, 9.17) is 0 Å². The van der Waals surface area contributed by atoms with Gasteiger partial charge in [-0.1, -0.05) is 11.6 Å². The van der Waals surface area contributed by atoms with Crippen LogP contribution in [0, 0.1) is 5.92 Å². The van der Waals surface area contributed by atoms with Crippen LogP contribution in [0.25, 0.3) is 0 Å². The van der Waals surface area contributed by atoms with Crippen LogP contribution in [0.15, 0.2) is 11.6 Å². The molecule has 0 aromatic carbocycles. The van der Waals surface area contributed by atoms with Crippen LogP contribution >= 0.6 is 0 Å². The Morgan fingerprint density at radius 3 is 2.50 bits per heavy atom. The van der Waals surface area contributed by atoms with Crippen molar-refractivity contribution in [2.75, 3.05) is 0 Å². The molecule has 1 rings (SSSR count). The van der Waals surface area contributed by atoms with Gasteiger partial charge in [0.15, 0.2) is 0 Å². The maximum Gasteiger partial charge on any atom is 0.0647 e. The van der Waals surface area contributed by atoms with Gasteiger partial charge in [-0.2, -0.15) is 0 Å². The van der Waals surface area contributed by atoms with Crippen molar-refractivity contribution in [1.29, 1.82) is 0 Å². The van der Waals surface area contributed by atoms with E-state index in [9.17, 15) is 10.2 Å². The molecule has 0 fully saturated rings. The van der Waals surface area contributed by atoms with Crippen molar-refractivity contribution in [3.8, 4) is 0 Å². The summed E-state index contributed by atoms with van der Waals surface area (Å²) in [5.74, 6) is -0.0128. The third-order valence-corrected chi connectivity index (χ3v) is 2.62. The van der Waals surface area contributed by atoms with Crippen molar-refractivity contribution >= 4 is 0 Å². The topological polar surface area (TPSA) is 40.5 Å². The third kappa shape index (κ3) is 2.08. The Labute approximate surface area is 73.9 Å². The summed E-state index contributed by atoms with van der Waals surface area (Å²) in [6.07, 6.45) is 3.22. The molecule has 2 atom stereocenters. The van der Waals surface area contributed by atoms with Gasteiger partial charge in [0.1, 0.15) is 0 Å². The quantitative estimate of drug-likeness (QED) is 0.585. The van der Waals surface area contributed by atoms with Crippen molar-refractivity contribution in [1.82, 2.24) is 0 Å². The molecule has 2 N–H and O–H groups in total. The van der Waals surface area contributed by atoms with Crippen LogP contribution in [-0.4, -0.2) is 21.9 Å². The van der Waals surface area contributed by atoms with Gasteiger partial charge >= 0.3 is 0 Å². The monoisotopic (exact) mass is 170 g/mol. The minimum atomic E-state index is -0.767.